The van der Waals surface area contributed by atoms with Crippen molar-refractivity contribution in [2.24, 2.45) is 5.73 Å². The van der Waals surface area contributed by atoms with Crippen LogP contribution in [0.15, 0.2) is 36.7 Å². The van der Waals surface area contributed by atoms with Crippen LogP contribution in [0.3, 0.4) is 0 Å². The van der Waals surface area contributed by atoms with Crippen LogP contribution in [0, 0.1) is 6.92 Å². The van der Waals surface area contributed by atoms with Crippen LogP contribution in [-0.2, 0) is 34.8 Å². The summed E-state index contributed by atoms with van der Waals surface area (Å²) < 4.78 is 91.0. The fourth-order valence-corrected chi connectivity index (χ4v) is 5.95. The topological polar surface area (TPSA) is 112 Å². The summed E-state index contributed by atoms with van der Waals surface area (Å²) in [5, 5.41) is 0. The fraction of sp³-hybridized carbons (Fsp3) is 0.500. The van der Waals surface area contributed by atoms with Gasteiger partial charge in [0.25, 0.3) is 0 Å². The number of carbonyl (C=O) groups is 1. The third-order valence-corrected chi connectivity index (χ3v) is 7.92. The highest BCUT2D eigenvalue weighted by Crippen LogP contribution is 2.48. The average Bonchev–Trinajstić information content (AvgIpc) is 3.27. The molecule has 1 aliphatic heterocycles. The number of hydrogen-bond donors (Lipinski definition) is 2. The van der Waals surface area contributed by atoms with Gasteiger partial charge in [0.2, 0.25) is 11.9 Å². The standard InChI is InChI=1S/C30H36F6N6O2/c1-18-25(29(31,32)33)26(30(34,35)36)27(42(18)11-4-12-44-2)21-5-3-10-41(17-21)24(43)14-23(37)13-19-6-8-20(9-7-19)22-15-39-28(38)40-16-22/h6-9,15-16,21,23H,3-5,10-14,17,37H2,1-2H3,(H2,38,39,40)/t21-,23-/m1/s1. The maximum Gasteiger partial charge on any atom is 0.418 e. The Balaban J connectivity index is 1.50. The number of alkyl halides is 6. The molecule has 0 spiro atoms. The fourth-order valence-electron chi connectivity index (χ4n) is 5.95. The van der Waals surface area contributed by atoms with E-state index >= 15 is 0 Å². The molecule has 4 rings (SSSR count). The predicted octanol–water partition coefficient (Wildman–Crippen LogP) is 5.58. The number of halogens is 6. The van der Waals surface area contributed by atoms with E-state index in [2.05, 4.69) is 9.97 Å². The van der Waals surface area contributed by atoms with Gasteiger partial charge >= 0.3 is 12.4 Å². The molecule has 14 heteroatoms. The molecule has 2 atom stereocenters. The lowest BCUT2D eigenvalue weighted by molar-refractivity contribution is -0.162. The van der Waals surface area contributed by atoms with Gasteiger partial charge in [0.1, 0.15) is 0 Å². The summed E-state index contributed by atoms with van der Waals surface area (Å²) >= 11 is 0. The first-order chi connectivity index (χ1) is 20.7. The van der Waals surface area contributed by atoms with Crippen LogP contribution in [0.2, 0.25) is 0 Å². The minimum absolute atomic E-state index is 0.0614. The molecule has 0 saturated carbocycles. The van der Waals surface area contributed by atoms with Gasteiger partial charge in [-0.15, -0.1) is 0 Å². The smallest absolute Gasteiger partial charge is 0.385 e. The Hall–Kier alpha value is -3.65. The summed E-state index contributed by atoms with van der Waals surface area (Å²) in [5.74, 6) is -1.11. The summed E-state index contributed by atoms with van der Waals surface area (Å²) in [4.78, 5) is 22.6. The second kappa shape index (κ2) is 13.6. The Bertz CT molecular complexity index is 1420. The number of rotatable bonds is 10. The summed E-state index contributed by atoms with van der Waals surface area (Å²) in [7, 11) is 1.41. The SMILES string of the molecule is COCCCn1c(C)c(C(F)(F)F)c(C(F)(F)F)c1[C@@H]1CCCN(C(=O)C[C@H](N)Cc2ccc(-c3cnc(N)nc3)cc2)C1. The first-order valence-corrected chi connectivity index (χ1v) is 14.3. The average molecular weight is 627 g/mol. The maximum absolute atomic E-state index is 14.3. The van der Waals surface area contributed by atoms with E-state index in [-0.39, 0.29) is 57.4 Å². The summed E-state index contributed by atoms with van der Waals surface area (Å²) in [6, 6.07) is 6.89. The number of methoxy groups -OCH3 is 1. The van der Waals surface area contributed by atoms with Gasteiger partial charge in [-0.1, -0.05) is 24.3 Å². The van der Waals surface area contributed by atoms with Gasteiger partial charge in [0, 0.05) is 81.1 Å². The van der Waals surface area contributed by atoms with Crippen LogP contribution in [-0.4, -0.2) is 58.2 Å². The van der Waals surface area contributed by atoms with Crippen molar-refractivity contribution in [3.63, 3.8) is 0 Å². The van der Waals surface area contributed by atoms with E-state index in [1.165, 1.54) is 12.0 Å². The molecule has 3 heterocycles. The molecule has 1 fully saturated rings. The molecule has 1 saturated heterocycles. The van der Waals surface area contributed by atoms with Crippen molar-refractivity contribution >= 4 is 11.9 Å². The molecule has 0 bridgehead atoms. The number of anilines is 1. The number of carbonyl (C=O) groups excluding carboxylic acids is 1. The number of aromatic nitrogens is 3. The number of benzene rings is 1. The molecule has 1 aromatic carbocycles. The minimum atomic E-state index is -5.23. The maximum atomic E-state index is 14.3. The van der Waals surface area contributed by atoms with Gasteiger partial charge in [-0.25, -0.2) is 9.97 Å². The van der Waals surface area contributed by atoms with Crippen molar-refractivity contribution < 1.29 is 35.9 Å². The zero-order chi connectivity index (χ0) is 32.2. The molecular weight excluding hydrogens is 590 g/mol. The molecular formula is C30H36F6N6O2. The first kappa shape index (κ1) is 33.2. The Morgan fingerprint density at radius 1 is 1.05 bits per heavy atom. The molecule has 1 aliphatic rings. The lowest BCUT2D eigenvalue weighted by Crippen LogP contribution is -2.42. The van der Waals surface area contributed by atoms with Gasteiger partial charge in [0.05, 0.1) is 11.1 Å². The van der Waals surface area contributed by atoms with Crippen LogP contribution in [0.5, 0.6) is 0 Å². The number of ether oxygens (including phenoxy) is 1. The zero-order valence-corrected chi connectivity index (χ0v) is 24.5. The lowest BCUT2D eigenvalue weighted by atomic mass is 9.90. The Kier molecular flexibility index (Phi) is 10.2. The Morgan fingerprint density at radius 3 is 2.27 bits per heavy atom. The number of nitrogens with zero attached hydrogens (tertiary/aromatic N) is 4. The van der Waals surface area contributed by atoms with E-state index in [1.807, 2.05) is 24.3 Å². The number of piperidine rings is 1. The van der Waals surface area contributed by atoms with Crippen molar-refractivity contribution in [3.05, 3.63) is 64.7 Å². The molecule has 4 N–H and O–H groups in total. The number of nitrogens with two attached hydrogens (primary N) is 2. The second-order valence-electron chi connectivity index (χ2n) is 11.1. The van der Waals surface area contributed by atoms with Crippen molar-refractivity contribution in [1.29, 1.82) is 0 Å². The van der Waals surface area contributed by atoms with Gasteiger partial charge in [-0.05, 0) is 43.7 Å². The van der Waals surface area contributed by atoms with E-state index in [1.54, 1.807) is 12.4 Å². The molecule has 1 amide bonds. The molecule has 2 aromatic heterocycles. The van der Waals surface area contributed by atoms with Crippen molar-refractivity contribution in [2.75, 3.05) is 32.5 Å². The molecule has 0 radical (unpaired) electrons. The third kappa shape index (κ3) is 7.70. The van der Waals surface area contributed by atoms with Crippen LogP contribution < -0.4 is 11.5 Å². The second-order valence-corrected chi connectivity index (χ2v) is 11.1. The van der Waals surface area contributed by atoms with Crippen molar-refractivity contribution in [3.8, 4) is 11.1 Å². The molecule has 44 heavy (non-hydrogen) atoms. The van der Waals surface area contributed by atoms with Gasteiger partial charge in [-0.3, -0.25) is 4.79 Å². The van der Waals surface area contributed by atoms with Crippen LogP contribution >= 0.6 is 0 Å². The van der Waals surface area contributed by atoms with Crippen LogP contribution in [0.25, 0.3) is 11.1 Å². The highest BCUT2D eigenvalue weighted by molar-refractivity contribution is 5.77. The molecule has 0 aliphatic carbocycles. The summed E-state index contributed by atoms with van der Waals surface area (Å²) in [6.45, 7) is 1.32. The number of amides is 1. The van der Waals surface area contributed by atoms with Gasteiger partial charge in [-0.2, -0.15) is 26.3 Å². The number of likely N-dealkylation sites (tertiary alicyclic amines) is 1. The van der Waals surface area contributed by atoms with Crippen molar-refractivity contribution in [2.45, 2.75) is 69.9 Å². The van der Waals surface area contributed by atoms with Gasteiger partial charge < -0.3 is 25.7 Å². The zero-order valence-electron chi connectivity index (χ0n) is 24.5. The Morgan fingerprint density at radius 2 is 1.68 bits per heavy atom. The van der Waals surface area contributed by atoms with Gasteiger partial charge in [0.15, 0.2) is 0 Å². The number of hydrogen-bond acceptors (Lipinski definition) is 6. The summed E-state index contributed by atoms with van der Waals surface area (Å²) in [5.41, 5.74) is 10.1. The van der Waals surface area contributed by atoms with Crippen molar-refractivity contribution in [1.82, 2.24) is 19.4 Å². The van der Waals surface area contributed by atoms with Crippen LogP contribution in [0.1, 0.15) is 59.7 Å². The number of nitrogen functional groups attached to an aromatic ring is 1. The molecule has 0 unspecified atom stereocenters. The largest absolute Gasteiger partial charge is 0.418 e. The van der Waals surface area contributed by atoms with Crippen LogP contribution in [0.4, 0.5) is 32.3 Å². The normalized spacial score (nSPS) is 16.8. The first-order valence-electron chi connectivity index (χ1n) is 14.3. The lowest BCUT2D eigenvalue weighted by Gasteiger charge is -2.35. The third-order valence-electron chi connectivity index (χ3n) is 7.92. The summed E-state index contributed by atoms with van der Waals surface area (Å²) in [6.07, 6.45) is -6.12. The Labute approximate surface area is 251 Å². The van der Waals surface area contributed by atoms with E-state index in [4.69, 9.17) is 16.2 Å². The minimum Gasteiger partial charge on any atom is -0.385 e. The van der Waals surface area contributed by atoms with E-state index in [9.17, 15) is 31.1 Å². The van der Waals surface area contributed by atoms with E-state index in [0.29, 0.717) is 12.8 Å². The highest BCUT2D eigenvalue weighted by Gasteiger charge is 2.50. The van der Waals surface area contributed by atoms with E-state index < -0.39 is 46.8 Å². The monoisotopic (exact) mass is 626 g/mol. The highest BCUT2D eigenvalue weighted by atomic mass is 19.4. The molecule has 8 nitrogen and oxygen atoms in total. The quantitative estimate of drug-likeness (QED) is 0.225. The molecule has 3 aromatic rings. The molecule has 240 valence electrons. The predicted molar refractivity (Wildman–Crippen MR) is 152 cm³/mol. The van der Waals surface area contributed by atoms with E-state index in [0.717, 1.165) is 28.2 Å².